The zero-order valence-corrected chi connectivity index (χ0v) is 44.5. The van der Waals surface area contributed by atoms with Gasteiger partial charge in [0.2, 0.25) is 0 Å². The lowest BCUT2D eigenvalue weighted by Crippen LogP contribution is -2.17. The summed E-state index contributed by atoms with van der Waals surface area (Å²) in [4.78, 5) is 0. The van der Waals surface area contributed by atoms with Crippen molar-refractivity contribution in [1.82, 2.24) is 0 Å². The molecule has 9 heteroatoms. The second-order valence-electron chi connectivity index (χ2n) is 23.0. The Hall–Kier alpha value is -6.00. The highest BCUT2D eigenvalue weighted by Gasteiger charge is 2.29. The van der Waals surface area contributed by atoms with Crippen LogP contribution in [0.4, 0.5) is 0 Å². The molecule has 0 aromatic heterocycles. The molecule has 0 fully saturated rings. The van der Waals surface area contributed by atoms with Crippen LogP contribution in [0.2, 0.25) is 0 Å². The Morgan fingerprint density at radius 3 is 0.757 bits per heavy atom. The van der Waals surface area contributed by atoms with E-state index in [0.717, 1.165) is 89.8 Å². The van der Waals surface area contributed by atoms with Gasteiger partial charge in [0, 0.05) is 56.1 Å². The fourth-order valence-corrected chi connectivity index (χ4v) is 8.68. The van der Waals surface area contributed by atoms with Gasteiger partial charge in [0.05, 0.1) is 63.9 Å². The highest BCUT2D eigenvalue weighted by molar-refractivity contribution is 5.58. The molecule has 0 N–H and O–H groups in total. The van der Waals surface area contributed by atoms with E-state index in [1.807, 2.05) is 0 Å². The Morgan fingerprint density at radius 2 is 0.557 bits per heavy atom. The van der Waals surface area contributed by atoms with E-state index in [1.165, 1.54) is 0 Å². The minimum absolute atomic E-state index is 0.214. The predicted octanol–water partition coefficient (Wildman–Crippen LogP) is 14.4. The van der Waals surface area contributed by atoms with Gasteiger partial charge in [0.25, 0.3) is 0 Å². The van der Waals surface area contributed by atoms with Crippen molar-refractivity contribution in [2.75, 3.05) is 26.4 Å². The first-order chi connectivity index (χ1) is 33.1. The van der Waals surface area contributed by atoms with Crippen LogP contribution in [0.25, 0.3) is 0 Å². The summed E-state index contributed by atoms with van der Waals surface area (Å²) in [7, 11) is 0. The van der Waals surface area contributed by atoms with E-state index < -0.39 is 0 Å². The molecule has 0 unspecified atom stereocenters. The molecule has 4 aromatic carbocycles. The van der Waals surface area contributed by atoms with Gasteiger partial charge in [-0.1, -0.05) is 119 Å². The summed E-state index contributed by atoms with van der Waals surface area (Å²) >= 11 is 0. The first-order valence-electron chi connectivity index (χ1n) is 25.3. The Labute approximate surface area is 420 Å². The van der Waals surface area contributed by atoms with Gasteiger partial charge in [-0.15, -0.1) is 0 Å². The number of hydrogen-bond acceptors (Lipinski definition) is 9. The number of nitriles is 4. The molecule has 70 heavy (non-hydrogen) atoms. The molecule has 8 bridgehead atoms. The number of ether oxygens (including phenoxy) is 5. The number of rotatable bonds is 16. The third kappa shape index (κ3) is 15.0. The second-order valence-corrected chi connectivity index (χ2v) is 23.0. The van der Waals surface area contributed by atoms with Crippen molar-refractivity contribution in [1.29, 1.82) is 21.0 Å². The van der Waals surface area contributed by atoms with Crippen LogP contribution in [0.5, 0.6) is 23.0 Å². The van der Waals surface area contributed by atoms with E-state index in [4.69, 9.17) is 23.7 Å². The van der Waals surface area contributed by atoms with Crippen molar-refractivity contribution < 1.29 is 23.7 Å². The van der Waals surface area contributed by atoms with Crippen molar-refractivity contribution in [3.05, 3.63) is 115 Å². The van der Waals surface area contributed by atoms with Crippen LogP contribution in [0.3, 0.4) is 0 Å². The Kier molecular flexibility index (Phi) is 19.0. The van der Waals surface area contributed by atoms with Crippen LogP contribution in [0, 0.1) is 45.3 Å². The van der Waals surface area contributed by atoms with Crippen molar-refractivity contribution in [2.24, 2.45) is 0 Å². The van der Waals surface area contributed by atoms with Gasteiger partial charge in [-0.3, -0.25) is 0 Å². The average molecular weight is 947 g/mol. The number of fused-ring (bicyclic) bond motifs is 8. The molecule has 0 spiro atoms. The zero-order chi connectivity index (χ0) is 51.3. The van der Waals surface area contributed by atoms with Crippen molar-refractivity contribution in [3.63, 3.8) is 0 Å². The molecule has 4 aromatic rings. The lowest BCUT2D eigenvalue weighted by molar-refractivity contribution is 0.102. The highest BCUT2D eigenvalue weighted by Crippen LogP contribution is 2.43. The first kappa shape index (κ1) is 54.9. The van der Waals surface area contributed by atoms with Crippen molar-refractivity contribution in [3.8, 4) is 47.3 Å². The molecular weight excluding hydrogens is 869 g/mol. The van der Waals surface area contributed by atoms with E-state index in [2.05, 4.69) is 156 Å². The van der Waals surface area contributed by atoms with E-state index >= 15 is 0 Å². The first-order valence-corrected chi connectivity index (χ1v) is 25.3. The maximum Gasteiger partial charge on any atom is 0.128 e. The van der Waals surface area contributed by atoms with Crippen LogP contribution in [-0.4, -0.2) is 26.4 Å². The molecule has 9 nitrogen and oxygen atoms in total. The Morgan fingerprint density at radius 1 is 0.357 bits per heavy atom. The number of benzene rings is 4. The normalized spacial score (nSPS) is 13.1. The second kappa shape index (κ2) is 24.2. The molecule has 0 radical (unpaired) electrons. The summed E-state index contributed by atoms with van der Waals surface area (Å²) < 4.78 is 34.4. The molecule has 0 saturated carbocycles. The van der Waals surface area contributed by atoms with E-state index in [-0.39, 0.29) is 34.9 Å². The fourth-order valence-electron chi connectivity index (χ4n) is 8.68. The minimum atomic E-state index is -0.225. The molecule has 5 rings (SSSR count). The van der Waals surface area contributed by atoms with Gasteiger partial charge < -0.3 is 23.7 Å². The van der Waals surface area contributed by atoms with Gasteiger partial charge >= 0.3 is 0 Å². The Balaban J connectivity index is 1.96. The number of nitrogens with zero attached hydrogens (tertiary/aromatic N) is 4. The summed E-state index contributed by atoms with van der Waals surface area (Å²) in [6.45, 7) is 28.8. The Bertz CT molecular complexity index is 2430. The summed E-state index contributed by atoms with van der Waals surface area (Å²) in [5.41, 5.74) is 11.7. The molecule has 0 amide bonds. The lowest BCUT2D eigenvalue weighted by Gasteiger charge is -2.28. The summed E-state index contributed by atoms with van der Waals surface area (Å²) in [5.74, 6) is 3.07. The molecular formula is C61H78N4O5. The van der Waals surface area contributed by atoms with Gasteiger partial charge in [0.15, 0.2) is 0 Å². The molecule has 372 valence electrons. The van der Waals surface area contributed by atoms with Crippen LogP contribution in [0.15, 0.2) is 48.5 Å². The van der Waals surface area contributed by atoms with Crippen molar-refractivity contribution >= 4 is 0 Å². The smallest absolute Gasteiger partial charge is 0.128 e. The fraction of sp³-hybridized carbons (Fsp3) is 0.541. The van der Waals surface area contributed by atoms with Gasteiger partial charge in [-0.25, -0.2) is 0 Å². The maximum atomic E-state index is 9.58. The average Bonchev–Trinajstić information content (AvgIpc) is 3.27. The number of hydrogen-bond donors (Lipinski definition) is 0. The monoisotopic (exact) mass is 947 g/mol. The molecule has 1 aliphatic heterocycles. The third-order valence-corrected chi connectivity index (χ3v) is 12.8. The van der Waals surface area contributed by atoms with Gasteiger partial charge in [0.1, 0.15) is 23.0 Å². The molecule has 1 aliphatic rings. The quantitative estimate of drug-likeness (QED) is 0.100. The largest absolute Gasteiger partial charge is 0.493 e. The third-order valence-electron chi connectivity index (χ3n) is 12.8. The zero-order valence-electron chi connectivity index (χ0n) is 44.5. The summed E-state index contributed by atoms with van der Waals surface area (Å²) in [6, 6.07) is 27.3. The highest BCUT2D eigenvalue weighted by atomic mass is 16.5. The standard InChI is InChI=1S/C61H78N4O5/c1-58(2,3)50-32-42-29-43-33-51(59(4,5)6)35-45(55(43)68-26-18-14-22-63)31-47-37-53(61(10,11)12)39-49(57(47)70-28-20-16-24-65)41-66-40-48-38-52(60(7,8)9)36-46(56(48)69-27-19-15-23-64)30-44(34-50)54(42)67-25-17-13-21-62/h32-39H,13-20,25-31,40-41H2,1-12H3. The molecule has 0 aliphatic carbocycles. The van der Waals surface area contributed by atoms with E-state index in [9.17, 15) is 21.0 Å². The minimum Gasteiger partial charge on any atom is -0.493 e. The van der Waals surface area contributed by atoms with E-state index in [1.54, 1.807) is 0 Å². The topological polar surface area (TPSA) is 141 Å². The summed E-state index contributed by atoms with van der Waals surface area (Å²) in [5, 5.41) is 38.2. The molecule has 0 saturated heterocycles. The van der Waals surface area contributed by atoms with Crippen molar-refractivity contribution in [2.45, 2.75) is 189 Å². The van der Waals surface area contributed by atoms with E-state index in [0.29, 0.717) is 97.1 Å². The van der Waals surface area contributed by atoms with Crippen LogP contribution >= 0.6 is 0 Å². The van der Waals surface area contributed by atoms with Gasteiger partial charge in [-0.05, 0) is 115 Å². The molecule has 1 heterocycles. The van der Waals surface area contributed by atoms with Gasteiger partial charge in [-0.2, -0.15) is 21.0 Å². The number of unbranched alkanes of at least 4 members (excludes halogenated alkanes) is 4. The summed E-state index contributed by atoms with van der Waals surface area (Å²) in [6.07, 6.45) is 5.34. The van der Waals surface area contributed by atoms with Crippen LogP contribution in [-0.2, 0) is 58.9 Å². The maximum absolute atomic E-state index is 9.58. The lowest BCUT2D eigenvalue weighted by atomic mass is 9.80. The van der Waals surface area contributed by atoms with Crippen LogP contribution in [0.1, 0.15) is 201 Å². The predicted molar refractivity (Wildman–Crippen MR) is 279 cm³/mol. The SMILES string of the molecule is CC(C)(C)c1cc2c(OCCCC#N)c(c1)Cc1cc(C(C)(C)C)cc(c1OCCCC#N)Cc1cc(C(C)(C)C)cc(c1OCCCC#N)Cc1cc(C(C)(C)C)cc(c1OCCCC#N)COC2. The van der Waals surface area contributed by atoms with Crippen LogP contribution < -0.4 is 18.9 Å². The molecule has 0 atom stereocenters.